The molecular formula is C14H18N2O2. The van der Waals surface area contributed by atoms with Gasteiger partial charge in [0.15, 0.2) is 0 Å². The Kier molecular flexibility index (Phi) is 4.73. The first kappa shape index (κ1) is 14.0. The summed E-state index contributed by atoms with van der Waals surface area (Å²) in [6.07, 6.45) is -0.573. The molecule has 1 N–H and O–H groups in total. The minimum absolute atomic E-state index is 0.00627. The molecule has 0 bridgehead atoms. The molecular weight excluding hydrogens is 228 g/mol. The number of hydrogen-bond acceptors (Lipinski definition) is 3. The predicted molar refractivity (Wildman–Crippen MR) is 68.6 cm³/mol. The lowest BCUT2D eigenvalue weighted by molar-refractivity contribution is 0.128. The molecule has 0 aliphatic carbocycles. The van der Waals surface area contributed by atoms with Gasteiger partial charge in [0.2, 0.25) is 0 Å². The van der Waals surface area contributed by atoms with Crippen LogP contribution in [-0.2, 0) is 11.3 Å². The third-order valence-electron chi connectivity index (χ3n) is 2.96. The van der Waals surface area contributed by atoms with E-state index in [9.17, 15) is 4.79 Å². The van der Waals surface area contributed by atoms with Gasteiger partial charge >= 0.3 is 6.09 Å². The van der Waals surface area contributed by atoms with E-state index in [0.29, 0.717) is 0 Å². The van der Waals surface area contributed by atoms with Gasteiger partial charge in [0.1, 0.15) is 12.1 Å². The number of alkyl carbamates (subject to hydrolysis) is 1. The van der Waals surface area contributed by atoms with Crippen LogP contribution in [0.5, 0.6) is 0 Å². The van der Waals surface area contributed by atoms with Gasteiger partial charge in [-0.25, -0.2) is 4.79 Å². The first-order valence-electron chi connectivity index (χ1n) is 5.88. The number of amides is 1. The summed E-state index contributed by atoms with van der Waals surface area (Å²) in [4.78, 5) is 11.6. The van der Waals surface area contributed by atoms with E-state index in [1.165, 1.54) is 0 Å². The van der Waals surface area contributed by atoms with Crippen molar-refractivity contribution in [3.8, 4) is 6.07 Å². The van der Waals surface area contributed by atoms with Crippen molar-refractivity contribution in [1.29, 1.82) is 5.26 Å². The van der Waals surface area contributed by atoms with Crippen LogP contribution in [-0.4, -0.2) is 11.6 Å². The summed E-state index contributed by atoms with van der Waals surface area (Å²) in [5.41, 5.74) is 0.00387. The zero-order chi connectivity index (χ0) is 13.6. The van der Waals surface area contributed by atoms with E-state index >= 15 is 0 Å². The fourth-order valence-corrected chi connectivity index (χ4v) is 1.27. The molecule has 1 atom stereocenters. The van der Waals surface area contributed by atoms with Gasteiger partial charge in [-0.15, -0.1) is 0 Å². The van der Waals surface area contributed by atoms with E-state index in [0.717, 1.165) is 5.56 Å². The maximum atomic E-state index is 11.6. The number of carbonyl (C=O) groups excluding carboxylic acids is 1. The van der Waals surface area contributed by atoms with Crippen molar-refractivity contribution in [2.24, 2.45) is 5.92 Å². The van der Waals surface area contributed by atoms with Crippen molar-refractivity contribution < 1.29 is 9.53 Å². The van der Waals surface area contributed by atoms with Crippen LogP contribution in [0.3, 0.4) is 0 Å². The van der Waals surface area contributed by atoms with Crippen molar-refractivity contribution in [2.75, 3.05) is 0 Å². The zero-order valence-electron chi connectivity index (χ0n) is 10.9. The summed E-state index contributed by atoms with van der Waals surface area (Å²) in [5.74, 6) is 0.00627. The number of rotatable bonds is 4. The number of benzene rings is 1. The highest BCUT2D eigenvalue weighted by atomic mass is 16.5. The maximum Gasteiger partial charge on any atom is 0.408 e. The zero-order valence-corrected chi connectivity index (χ0v) is 10.9. The molecule has 0 heterocycles. The van der Waals surface area contributed by atoms with Gasteiger partial charge in [-0.2, -0.15) is 5.26 Å². The molecule has 4 heteroatoms. The van der Waals surface area contributed by atoms with Crippen molar-refractivity contribution in [3.05, 3.63) is 35.9 Å². The van der Waals surface area contributed by atoms with E-state index in [2.05, 4.69) is 11.4 Å². The second kappa shape index (κ2) is 6.06. The Balaban J connectivity index is 2.50. The lowest BCUT2D eigenvalue weighted by atomic mass is 9.90. The Bertz CT molecular complexity index is 437. The quantitative estimate of drug-likeness (QED) is 0.888. The fourth-order valence-electron chi connectivity index (χ4n) is 1.27. The molecule has 0 aliphatic rings. The summed E-state index contributed by atoms with van der Waals surface area (Å²) < 4.78 is 5.07. The molecule has 0 saturated heterocycles. The van der Waals surface area contributed by atoms with E-state index < -0.39 is 11.6 Å². The highest BCUT2D eigenvalue weighted by Crippen LogP contribution is 2.15. The van der Waals surface area contributed by atoms with E-state index in [1.807, 2.05) is 44.2 Å². The van der Waals surface area contributed by atoms with Crippen molar-refractivity contribution in [1.82, 2.24) is 5.32 Å². The smallest absolute Gasteiger partial charge is 0.408 e. The lowest BCUT2D eigenvalue weighted by Crippen LogP contribution is -2.48. The Labute approximate surface area is 108 Å². The molecule has 1 aromatic rings. The molecule has 0 spiro atoms. The SMILES string of the molecule is CC(C)C(C)(C#N)NC(=O)OCc1ccccc1. The van der Waals surface area contributed by atoms with Gasteiger partial charge in [-0.05, 0) is 18.4 Å². The van der Waals surface area contributed by atoms with Crippen LogP contribution in [0.1, 0.15) is 26.3 Å². The van der Waals surface area contributed by atoms with Gasteiger partial charge in [0.05, 0.1) is 6.07 Å². The molecule has 0 aliphatic heterocycles. The molecule has 0 aromatic heterocycles. The molecule has 96 valence electrons. The Morgan fingerprint density at radius 2 is 2.06 bits per heavy atom. The molecule has 4 nitrogen and oxygen atoms in total. The van der Waals surface area contributed by atoms with Crippen LogP contribution < -0.4 is 5.32 Å². The monoisotopic (exact) mass is 246 g/mol. The molecule has 1 rings (SSSR count). The first-order valence-corrected chi connectivity index (χ1v) is 5.88. The molecule has 0 radical (unpaired) electrons. The molecule has 1 amide bonds. The third kappa shape index (κ3) is 3.77. The van der Waals surface area contributed by atoms with Crippen LogP contribution in [0.25, 0.3) is 0 Å². The highest BCUT2D eigenvalue weighted by Gasteiger charge is 2.30. The number of nitriles is 1. The van der Waals surface area contributed by atoms with Gasteiger partial charge in [-0.3, -0.25) is 0 Å². The number of carbonyl (C=O) groups is 1. The van der Waals surface area contributed by atoms with Crippen LogP contribution in [0.15, 0.2) is 30.3 Å². The molecule has 1 unspecified atom stereocenters. The predicted octanol–water partition coefficient (Wildman–Crippen LogP) is 2.85. The van der Waals surface area contributed by atoms with Crippen molar-refractivity contribution >= 4 is 6.09 Å². The second-order valence-electron chi connectivity index (χ2n) is 4.66. The van der Waals surface area contributed by atoms with Gasteiger partial charge in [0.25, 0.3) is 0 Å². The number of hydrogen-bond donors (Lipinski definition) is 1. The fraction of sp³-hybridized carbons (Fsp3) is 0.429. The summed E-state index contributed by atoms with van der Waals surface area (Å²) in [6.45, 7) is 5.63. The average molecular weight is 246 g/mol. The van der Waals surface area contributed by atoms with E-state index in [4.69, 9.17) is 10.00 Å². The minimum Gasteiger partial charge on any atom is -0.445 e. The summed E-state index contributed by atoms with van der Waals surface area (Å²) >= 11 is 0. The minimum atomic E-state index is -0.909. The molecule has 1 aromatic carbocycles. The highest BCUT2D eigenvalue weighted by molar-refractivity contribution is 5.69. The van der Waals surface area contributed by atoms with E-state index in [-0.39, 0.29) is 12.5 Å². The van der Waals surface area contributed by atoms with E-state index in [1.54, 1.807) is 6.92 Å². The van der Waals surface area contributed by atoms with Crippen LogP contribution >= 0.6 is 0 Å². The van der Waals surface area contributed by atoms with Crippen molar-refractivity contribution in [2.45, 2.75) is 32.9 Å². The average Bonchev–Trinajstić information content (AvgIpc) is 2.37. The van der Waals surface area contributed by atoms with Crippen LogP contribution in [0.2, 0.25) is 0 Å². The Morgan fingerprint density at radius 1 is 1.44 bits per heavy atom. The third-order valence-corrected chi connectivity index (χ3v) is 2.96. The Hall–Kier alpha value is -2.02. The topological polar surface area (TPSA) is 62.1 Å². The van der Waals surface area contributed by atoms with Gasteiger partial charge < -0.3 is 10.1 Å². The summed E-state index contributed by atoms with van der Waals surface area (Å²) in [5, 5.41) is 11.7. The Morgan fingerprint density at radius 3 is 2.56 bits per heavy atom. The number of nitrogens with one attached hydrogen (secondary N) is 1. The normalized spacial score (nSPS) is 13.5. The molecule has 18 heavy (non-hydrogen) atoms. The maximum absolute atomic E-state index is 11.6. The van der Waals surface area contributed by atoms with Gasteiger partial charge in [0, 0.05) is 0 Å². The van der Waals surface area contributed by atoms with Crippen molar-refractivity contribution in [3.63, 3.8) is 0 Å². The molecule has 0 fully saturated rings. The molecule has 0 saturated carbocycles. The lowest BCUT2D eigenvalue weighted by Gasteiger charge is -2.26. The largest absolute Gasteiger partial charge is 0.445 e. The second-order valence-corrected chi connectivity index (χ2v) is 4.66. The van der Waals surface area contributed by atoms with Crippen LogP contribution in [0.4, 0.5) is 4.79 Å². The number of ether oxygens (including phenoxy) is 1. The first-order chi connectivity index (χ1) is 8.48. The number of nitrogens with zero attached hydrogens (tertiary/aromatic N) is 1. The summed E-state index contributed by atoms with van der Waals surface area (Å²) in [7, 11) is 0. The summed E-state index contributed by atoms with van der Waals surface area (Å²) in [6, 6.07) is 11.5. The van der Waals surface area contributed by atoms with Gasteiger partial charge in [-0.1, -0.05) is 44.2 Å². The standard InChI is InChI=1S/C14H18N2O2/c1-11(2)14(3,10-15)16-13(17)18-9-12-7-5-4-6-8-12/h4-8,11H,9H2,1-3H3,(H,16,17). The van der Waals surface area contributed by atoms with Crippen LogP contribution in [0, 0.1) is 17.2 Å².